The highest BCUT2D eigenvalue weighted by atomic mass is 79.9. The van der Waals surface area contributed by atoms with Gasteiger partial charge in [-0.1, -0.05) is 81.6 Å². The molecule has 1 aliphatic heterocycles. The van der Waals surface area contributed by atoms with E-state index in [1.54, 1.807) is 6.08 Å². The number of aryl methyl sites for hydroxylation is 1. The minimum Gasteiger partial charge on any atom is -0.342 e. The lowest BCUT2D eigenvalue weighted by Crippen LogP contribution is -2.35. The van der Waals surface area contributed by atoms with E-state index in [4.69, 9.17) is 23.2 Å². The van der Waals surface area contributed by atoms with Crippen LogP contribution in [0.3, 0.4) is 0 Å². The van der Waals surface area contributed by atoms with E-state index in [9.17, 15) is 0 Å². The van der Waals surface area contributed by atoms with Crippen LogP contribution >= 0.6 is 39.1 Å². The largest absolute Gasteiger partial charge is 0.342 e. The second-order valence-corrected chi connectivity index (χ2v) is 11.3. The molecular formula is C29H32BrCl2N3. The van der Waals surface area contributed by atoms with Gasteiger partial charge >= 0.3 is 0 Å². The van der Waals surface area contributed by atoms with Crippen molar-refractivity contribution in [2.75, 3.05) is 13.1 Å². The molecule has 4 rings (SSSR count). The first-order valence-corrected chi connectivity index (χ1v) is 13.8. The summed E-state index contributed by atoms with van der Waals surface area (Å²) < 4.78 is 1.12. The van der Waals surface area contributed by atoms with Gasteiger partial charge < -0.3 is 4.98 Å². The van der Waals surface area contributed by atoms with E-state index in [2.05, 4.69) is 85.4 Å². The van der Waals surface area contributed by atoms with Crippen molar-refractivity contribution in [3.8, 4) is 0 Å². The van der Waals surface area contributed by atoms with E-state index < -0.39 is 0 Å². The van der Waals surface area contributed by atoms with E-state index in [0.29, 0.717) is 21.9 Å². The van der Waals surface area contributed by atoms with Crippen molar-refractivity contribution in [3.05, 3.63) is 104 Å². The maximum absolute atomic E-state index is 6.25. The van der Waals surface area contributed by atoms with E-state index in [0.717, 1.165) is 48.5 Å². The number of hydrogen-bond acceptors (Lipinski definition) is 2. The Kier molecular flexibility index (Phi) is 9.67. The van der Waals surface area contributed by atoms with Crippen LogP contribution in [0.1, 0.15) is 54.7 Å². The molecule has 1 aromatic heterocycles. The van der Waals surface area contributed by atoms with Crippen molar-refractivity contribution in [1.82, 2.24) is 14.9 Å². The molecule has 2 heterocycles. The fourth-order valence-corrected chi connectivity index (χ4v) is 5.71. The molecule has 1 unspecified atom stereocenters. The predicted molar refractivity (Wildman–Crippen MR) is 152 cm³/mol. The molecule has 1 saturated heterocycles. The molecule has 0 saturated carbocycles. The molecule has 184 valence electrons. The summed E-state index contributed by atoms with van der Waals surface area (Å²) in [6.07, 6.45) is 9.84. The van der Waals surface area contributed by atoms with Crippen LogP contribution in [-0.2, 0) is 13.0 Å². The topological polar surface area (TPSA) is 31.9 Å². The standard InChI is InChI=1S/C29H32BrCl2N3/c1-21(31)17-26(32)18-27-19-33-29(34-27)12-11-28(23-7-9-25(30)10-8-23)24-13-15-35(16-14-24)20-22-5-3-2-4-6-22/h2-10,17-19,24,28H,11-16,20H2,1H3,(H,33,34)/b21-17+,26-18+. The lowest BCUT2D eigenvalue weighted by Gasteiger charge is -2.36. The van der Waals surface area contributed by atoms with Crippen LogP contribution in [-0.4, -0.2) is 28.0 Å². The quantitative estimate of drug-likeness (QED) is 0.260. The van der Waals surface area contributed by atoms with Gasteiger partial charge in [0.15, 0.2) is 0 Å². The highest BCUT2D eigenvalue weighted by molar-refractivity contribution is 9.10. The van der Waals surface area contributed by atoms with Crippen LogP contribution in [0.5, 0.6) is 0 Å². The van der Waals surface area contributed by atoms with Gasteiger partial charge in [0.1, 0.15) is 5.82 Å². The van der Waals surface area contributed by atoms with Crippen LogP contribution in [0.4, 0.5) is 0 Å². The maximum Gasteiger partial charge on any atom is 0.106 e. The Bertz CT molecular complexity index is 1130. The molecule has 3 nitrogen and oxygen atoms in total. The Balaban J connectivity index is 1.41. The third kappa shape index (κ3) is 8.08. The smallest absolute Gasteiger partial charge is 0.106 e. The molecule has 2 aromatic carbocycles. The number of imidazole rings is 1. The SMILES string of the molecule is C/C(Cl)=C\C(Cl)=C/c1cnc(CCC(c2ccc(Br)cc2)C2CCN(Cc3ccccc3)CC2)[nH]1. The summed E-state index contributed by atoms with van der Waals surface area (Å²) in [5, 5.41) is 1.24. The van der Waals surface area contributed by atoms with Crippen molar-refractivity contribution in [3.63, 3.8) is 0 Å². The summed E-state index contributed by atoms with van der Waals surface area (Å²) >= 11 is 15.8. The van der Waals surface area contributed by atoms with Gasteiger partial charge in [-0.3, -0.25) is 4.90 Å². The highest BCUT2D eigenvalue weighted by Gasteiger charge is 2.28. The lowest BCUT2D eigenvalue weighted by atomic mass is 9.77. The van der Waals surface area contributed by atoms with Gasteiger partial charge in [-0.25, -0.2) is 4.98 Å². The van der Waals surface area contributed by atoms with Crippen LogP contribution in [0.2, 0.25) is 0 Å². The van der Waals surface area contributed by atoms with E-state index >= 15 is 0 Å². The third-order valence-corrected chi connectivity index (χ3v) is 7.57. The van der Waals surface area contributed by atoms with Gasteiger partial charge in [-0.05, 0) is 86.5 Å². The highest BCUT2D eigenvalue weighted by Crippen LogP contribution is 2.37. The molecule has 35 heavy (non-hydrogen) atoms. The van der Waals surface area contributed by atoms with Crippen molar-refractivity contribution in [2.45, 2.75) is 45.1 Å². The van der Waals surface area contributed by atoms with Crippen LogP contribution < -0.4 is 0 Å². The first-order valence-electron chi connectivity index (χ1n) is 12.2. The number of aromatic amines is 1. The van der Waals surface area contributed by atoms with E-state index in [-0.39, 0.29) is 0 Å². The Morgan fingerprint density at radius 3 is 2.51 bits per heavy atom. The molecule has 3 aromatic rings. The summed E-state index contributed by atoms with van der Waals surface area (Å²) in [4.78, 5) is 10.6. The van der Waals surface area contributed by atoms with Gasteiger partial charge in [0.2, 0.25) is 0 Å². The Hall–Kier alpha value is -1.85. The molecular weight excluding hydrogens is 541 g/mol. The van der Waals surface area contributed by atoms with Crippen molar-refractivity contribution in [1.29, 1.82) is 0 Å². The second-order valence-electron chi connectivity index (χ2n) is 9.34. The zero-order valence-electron chi connectivity index (χ0n) is 20.1. The summed E-state index contributed by atoms with van der Waals surface area (Å²) in [6.45, 7) is 5.15. The number of halogens is 3. The fraction of sp³-hybridized carbons (Fsp3) is 0.345. The molecule has 1 atom stereocenters. The summed E-state index contributed by atoms with van der Waals surface area (Å²) in [5.41, 5.74) is 3.72. The molecule has 1 aliphatic rings. The first-order chi connectivity index (χ1) is 17.0. The zero-order valence-corrected chi connectivity index (χ0v) is 23.2. The number of nitrogens with one attached hydrogen (secondary N) is 1. The van der Waals surface area contributed by atoms with Crippen LogP contribution in [0, 0.1) is 5.92 Å². The van der Waals surface area contributed by atoms with Gasteiger partial charge in [-0.15, -0.1) is 0 Å². The molecule has 0 aliphatic carbocycles. The number of piperidine rings is 1. The minimum absolute atomic E-state index is 0.511. The normalized spacial score (nSPS) is 17.0. The van der Waals surface area contributed by atoms with Gasteiger partial charge in [0.05, 0.1) is 11.9 Å². The van der Waals surface area contributed by atoms with Crippen LogP contribution in [0.15, 0.2) is 81.4 Å². The number of likely N-dealkylation sites (tertiary alicyclic amines) is 1. The predicted octanol–water partition coefficient (Wildman–Crippen LogP) is 8.52. The van der Waals surface area contributed by atoms with Crippen molar-refractivity contribution >= 4 is 45.2 Å². The molecule has 0 radical (unpaired) electrons. The molecule has 1 N–H and O–H groups in total. The average Bonchev–Trinajstić information content (AvgIpc) is 3.28. The van der Waals surface area contributed by atoms with Gasteiger partial charge in [-0.2, -0.15) is 0 Å². The lowest BCUT2D eigenvalue weighted by molar-refractivity contribution is 0.159. The summed E-state index contributed by atoms with van der Waals surface area (Å²) in [5.74, 6) is 2.18. The number of hydrogen-bond donors (Lipinski definition) is 1. The Morgan fingerprint density at radius 1 is 1.11 bits per heavy atom. The van der Waals surface area contributed by atoms with Crippen molar-refractivity contribution in [2.24, 2.45) is 5.92 Å². The molecule has 0 bridgehead atoms. The van der Waals surface area contributed by atoms with Crippen LogP contribution in [0.25, 0.3) is 6.08 Å². The summed E-state index contributed by atoms with van der Waals surface area (Å²) in [7, 11) is 0. The zero-order chi connectivity index (χ0) is 24.6. The Labute approximate surface area is 227 Å². The molecule has 1 fully saturated rings. The van der Waals surface area contributed by atoms with Gasteiger partial charge in [0.25, 0.3) is 0 Å². The number of benzene rings is 2. The minimum atomic E-state index is 0.511. The number of aromatic nitrogens is 2. The first kappa shape index (κ1) is 26.2. The monoisotopic (exact) mass is 571 g/mol. The fourth-order valence-electron chi connectivity index (χ4n) is 4.99. The van der Waals surface area contributed by atoms with Gasteiger partial charge in [0, 0.05) is 27.5 Å². The number of allylic oxidation sites excluding steroid dienone is 3. The Morgan fingerprint density at radius 2 is 1.83 bits per heavy atom. The number of rotatable bonds is 9. The van der Waals surface area contributed by atoms with E-state index in [1.807, 2.05) is 19.2 Å². The molecule has 6 heteroatoms. The average molecular weight is 573 g/mol. The summed E-state index contributed by atoms with van der Waals surface area (Å²) in [6, 6.07) is 19.7. The van der Waals surface area contributed by atoms with E-state index in [1.165, 1.54) is 24.0 Å². The third-order valence-electron chi connectivity index (χ3n) is 6.72. The number of H-pyrrole nitrogens is 1. The van der Waals surface area contributed by atoms with Crippen molar-refractivity contribution < 1.29 is 0 Å². The molecule has 0 spiro atoms. The molecule has 0 amide bonds. The second kappa shape index (κ2) is 12.9. The number of nitrogens with zero attached hydrogens (tertiary/aromatic N) is 2. The maximum atomic E-state index is 6.25.